The fourth-order valence-corrected chi connectivity index (χ4v) is 1.54. The number of carbonyl (C=O) groups excluding carboxylic acids is 1. The Hall–Kier alpha value is -0.650. The predicted molar refractivity (Wildman–Crippen MR) is 67.5 cm³/mol. The Morgan fingerprint density at radius 3 is 2.71 bits per heavy atom. The Morgan fingerprint density at radius 2 is 2.12 bits per heavy atom. The van der Waals surface area contributed by atoms with Crippen LogP contribution >= 0.6 is 0 Å². The molecule has 3 N–H and O–H groups in total. The Morgan fingerprint density at radius 1 is 1.35 bits per heavy atom. The molecule has 0 heterocycles. The molecule has 1 atom stereocenters. The van der Waals surface area contributed by atoms with Gasteiger partial charge < -0.3 is 15.2 Å². The number of nitrogens with two attached hydrogens (primary N) is 1. The molecule has 0 aliphatic heterocycles. The lowest BCUT2D eigenvalue weighted by Gasteiger charge is -2.10. The Bertz CT molecular complexity index is 189. The topological polar surface area (TPSA) is 73.6 Å². The minimum atomic E-state index is -0.191. The molecule has 0 saturated carbocycles. The first-order chi connectivity index (χ1) is 8.22. The summed E-state index contributed by atoms with van der Waals surface area (Å²) in [6.07, 6.45) is 3.53. The van der Waals surface area contributed by atoms with Gasteiger partial charge in [0.2, 0.25) is 5.91 Å². The zero-order valence-electron chi connectivity index (χ0n) is 11.0. The van der Waals surface area contributed by atoms with Crippen molar-refractivity contribution in [3.05, 3.63) is 0 Å². The monoisotopic (exact) mass is 246 g/mol. The van der Waals surface area contributed by atoms with Gasteiger partial charge >= 0.3 is 0 Å². The summed E-state index contributed by atoms with van der Waals surface area (Å²) >= 11 is 0. The third-order valence-electron chi connectivity index (χ3n) is 2.64. The van der Waals surface area contributed by atoms with Crippen LogP contribution in [-0.4, -0.2) is 39.5 Å². The highest BCUT2D eigenvalue weighted by Crippen LogP contribution is 2.09. The van der Waals surface area contributed by atoms with Gasteiger partial charge in [-0.25, -0.2) is 0 Å². The number of amides is 1. The minimum Gasteiger partial charge on any atom is -0.385 e. The number of rotatable bonds is 12. The van der Waals surface area contributed by atoms with Crippen LogP contribution in [-0.2, 0) is 14.3 Å². The van der Waals surface area contributed by atoms with Crippen molar-refractivity contribution in [2.75, 3.05) is 33.6 Å². The highest BCUT2D eigenvalue weighted by Gasteiger charge is 2.11. The lowest BCUT2D eigenvalue weighted by molar-refractivity contribution is -0.122. The van der Waals surface area contributed by atoms with E-state index < -0.39 is 0 Å². The Labute approximate surface area is 104 Å². The zero-order chi connectivity index (χ0) is 12.9. The van der Waals surface area contributed by atoms with E-state index in [1.165, 1.54) is 0 Å². The second-order valence-electron chi connectivity index (χ2n) is 4.05. The SMILES string of the molecule is CCC(CCCNCOCCCOC)C(N)=O. The molecule has 0 bridgehead atoms. The van der Waals surface area contributed by atoms with Gasteiger partial charge in [0.1, 0.15) is 0 Å². The lowest BCUT2D eigenvalue weighted by Crippen LogP contribution is -2.25. The van der Waals surface area contributed by atoms with Crippen LogP contribution in [0.15, 0.2) is 0 Å². The Kier molecular flexibility index (Phi) is 11.4. The molecule has 0 aromatic rings. The van der Waals surface area contributed by atoms with Gasteiger partial charge in [-0.3, -0.25) is 10.1 Å². The molecule has 0 aromatic heterocycles. The summed E-state index contributed by atoms with van der Waals surface area (Å²) in [5.74, 6) is -0.178. The maximum absolute atomic E-state index is 11.0. The third kappa shape index (κ3) is 10.2. The fraction of sp³-hybridized carbons (Fsp3) is 0.917. The molecule has 1 amide bonds. The van der Waals surface area contributed by atoms with E-state index >= 15 is 0 Å². The molecule has 102 valence electrons. The summed E-state index contributed by atoms with van der Waals surface area (Å²) in [7, 11) is 1.68. The fourth-order valence-electron chi connectivity index (χ4n) is 1.54. The first-order valence-electron chi connectivity index (χ1n) is 6.29. The van der Waals surface area contributed by atoms with Gasteiger partial charge in [-0.1, -0.05) is 6.92 Å². The molecule has 5 heteroatoms. The van der Waals surface area contributed by atoms with Crippen LogP contribution < -0.4 is 11.1 Å². The first-order valence-corrected chi connectivity index (χ1v) is 6.29. The standard InChI is InChI=1S/C12H26N2O3/c1-3-11(12(13)15)6-4-7-14-10-17-9-5-8-16-2/h11,14H,3-10H2,1-2H3,(H2,13,15). The van der Waals surface area contributed by atoms with E-state index in [1.54, 1.807) is 7.11 Å². The lowest BCUT2D eigenvalue weighted by atomic mass is 10.00. The number of primary amides is 1. The van der Waals surface area contributed by atoms with E-state index in [0.29, 0.717) is 13.3 Å². The van der Waals surface area contributed by atoms with E-state index in [4.69, 9.17) is 15.2 Å². The summed E-state index contributed by atoms with van der Waals surface area (Å²) < 4.78 is 10.2. The smallest absolute Gasteiger partial charge is 0.220 e. The van der Waals surface area contributed by atoms with Crippen molar-refractivity contribution in [3.8, 4) is 0 Å². The van der Waals surface area contributed by atoms with E-state index in [9.17, 15) is 4.79 Å². The quantitative estimate of drug-likeness (QED) is 0.396. The molecule has 0 aliphatic rings. The summed E-state index contributed by atoms with van der Waals surface area (Å²) in [5.41, 5.74) is 5.26. The average Bonchev–Trinajstić information content (AvgIpc) is 2.31. The van der Waals surface area contributed by atoms with Crippen LogP contribution in [0.3, 0.4) is 0 Å². The molecule has 0 saturated heterocycles. The van der Waals surface area contributed by atoms with E-state index in [2.05, 4.69) is 5.32 Å². The molecule has 0 rings (SSSR count). The summed E-state index contributed by atoms with van der Waals surface area (Å²) in [5, 5.41) is 3.17. The van der Waals surface area contributed by atoms with Crippen LogP contribution in [0.25, 0.3) is 0 Å². The van der Waals surface area contributed by atoms with Gasteiger partial charge in [0, 0.05) is 19.6 Å². The highest BCUT2D eigenvalue weighted by atomic mass is 16.5. The Balaban J connectivity index is 3.20. The van der Waals surface area contributed by atoms with Crippen molar-refractivity contribution < 1.29 is 14.3 Å². The molecule has 0 aliphatic carbocycles. The number of methoxy groups -OCH3 is 1. The maximum atomic E-state index is 11.0. The highest BCUT2D eigenvalue weighted by molar-refractivity contribution is 5.76. The van der Waals surface area contributed by atoms with Crippen molar-refractivity contribution in [1.82, 2.24) is 5.32 Å². The van der Waals surface area contributed by atoms with Crippen molar-refractivity contribution in [3.63, 3.8) is 0 Å². The molecule has 0 spiro atoms. The third-order valence-corrected chi connectivity index (χ3v) is 2.64. The number of ether oxygens (including phenoxy) is 2. The summed E-state index contributed by atoms with van der Waals surface area (Å²) in [4.78, 5) is 11.0. The molecule has 1 unspecified atom stereocenters. The zero-order valence-corrected chi connectivity index (χ0v) is 11.0. The molecular formula is C12H26N2O3. The van der Waals surface area contributed by atoms with Crippen molar-refractivity contribution in [1.29, 1.82) is 0 Å². The second-order valence-corrected chi connectivity index (χ2v) is 4.05. The van der Waals surface area contributed by atoms with Gasteiger partial charge in [-0.05, 0) is 32.2 Å². The molecule has 0 fully saturated rings. The number of hydrogen-bond acceptors (Lipinski definition) is 4. The van der Waals surface area contributed by atoms with Gasteiger partial charge in [-0.15, -0.1) is 0 Å². The van der Waals surface area contributed by atoms with Gasteiger partial charge in [-0.2, -0.15) is 0 Å². The van der Waals surface area contributed by atoms with Gasteiger partial charge in [0.25, 0.3) is 0 Å². The number of hydrogen-bond donors (Lipinski definition) is 2. The number of carbonyl (C=O) groups is 1. The molecule has 0 radical (unpaired) electrons. The second kappa shape index (κ2) is 11.8. The van der Waals surface area contributed by atoms with Crippen LogP contribution in [0.1, 0.15) is 32.6 Å². The maximum Gasteiger partial charge on any atom is 0.220 e. The van der Waals surface area contributed by atoms with Crippen LogP contribution in [0.2, 0.25) is 0 Å². The van der Waals surface area contributed by atoms with E-state index in [-0.39, 0.29) is 11.8 Å². The van der Waals surface area contributed by atoms with Gasteiger partial charge in [0.15, 0.2) is 0 Å². The number of nitrogens with one attached hydrogen (secondary N) is 1. The molecule has 5 nitrogen and oxygen atoms in total. The molecule has 0 aromatic carbocycles. The van der Waals surface area contributed by atoms with Crippen molar-refractivity contribution >= 4 is 5.91 Å². The van der Waals surface area contributed by atoms with E-state index in [0.717, 1.165) is 38.8 Å². The first kappa shape index (κ1) is 16.4. The average molecular weight is 246 g/mol. The van der Waals surface area contributed by atoms with Crippen molar-refractivity contribution in [2.45, 2.75) is 32.6 Å². The van der Waals surface area contributed by atoms with Crippen LogP contribution in [0.4, 0.5) is 0 Å². The van der Waals surface area contributed by atoms with E-state index in [1.807, 2.05) is 6.92 Å². The summed E-state index contributed by atoms with van der Waals surface area (Å²) in [6, 6.07) is 0. The largest absolute Gasteiger partial charge is 0.385 e. The molecule has 17 heavy (non-hydrogen) atoms. The minimum absolute atomic E-state index is 0.0134. The summed E-state index contributed by atoms with van der Waals surface area (Å²) in [6.45, 7) is 4.84. The van der Waals surface area contributed by atoms with Crippen LogP contribution in [0.5, 0.6) is 0 Å². The van der Waals surface area contributed by atoms with Crippen LogP contribution in [0, 0.1) is 5.92 Å². The normalized spacial score (nSPS) is 12.6. The predicted octanol–water partition coefficient (Wildman–Crippen LogP) is 0.878. The molecular weight excluding hydrogens is 220 g/mol. The van der Waals surface area contributed by atoms with Crippen molar-refractivity contribution in [2.24, 2.45) is 11.7 Å². The van der Waals surface area contributed by atoms with Gasteiger partial charge in [0.05, 0.1) is 13.3 Å².